The fourth-order valence-corrected chi connectivity index (χ4v) is 4.35. The largest absolute Gasteiger partial charge is 0.493 e. The first-order chi connectivity index (χ1) is 15.8. The first kappa shape index (κ1) is 24.6. The summed E-state index contributed by atoms with van der Waals surface area (Å²) in [4.78, 5) is 38.4. The second kappa shape index (κ2) is 11.2. The number of hydrogen-bond acceptors (Lipinski definition) is 7. The fourth-order valence-electron chi connectivity index (χ4n) is 3.04. The number of ether oxygens (including phenoxy) is 2. The lowest BCUT2D eigenvalue weighted by atomic mass is 10.1. The Bertz CT molecular complexity index is 1110. The minimum absolute atomic E-state index is 0.0490. The van der Waals surface area contributed by atoms with Crippen LogP contribution in [0, 0.1) is 5.82 Å². The predicted octanol–water partition coefficient (Wildman–Crippen LogP) is 4.76. The summed E-state index contributed by atoms with van der Waals surface area (Å²) in [6, 6.07) is 10.7. The molecule has 1 heterocycles. The number of thioether (sulfide) groups is 1. The predicted molar refractivity (Wildman–Crippen MR) is 128 cm³/mol. The molecule has 0 spiro atoms. The summed E-state index contributed by atoms with van der Waals surface area (Å²) in [6.45, 7) is 3.74. The van der Waals surface area contributed by atoms with Crippen molar-refractivity contribution in [1.29, 1.82) is 0 Å². The Morgan fingerprint density at radius 1 is 1.18 bits per heavy atom. The van der Waals surface area contributed by atoms with E-state index in [0.717, 1.165) is 11.8 Å². The molecule has 33 heavy (non-hydrogen) atoms. The Kier molecular flexibility index (Phi) is 8.35. The fraction of sp³-hybridized carbons (Fsp3) is 0.250. The zero-order valence-corrected chi connectivity index (χ0v) is 19.8. The van der Waals surface area contributed by atoms with Crippen molar-refractivity contribution in [3.05, 3.63) is 69.9 Å². The van der Waals surface area contributed by atoms with Gasteiger partial charge in [-0.1, -0.05) is 36.1 Å². The molecule has 0 aromatic heterocycles. The molecule has 1 aliphatic rings. The summed E-state index contributed by atoms with van der Waals surface area (Å²) in [5.74, 6) is -0.747. The zero-order valence-electron chi connectivity index (χ0n) is 18.1. The van der Waals surface area contributed by atoms with Crippen LogP contribution < -0.4 is 4.74 Å². The van der Waals surface area contributed by atoms with E-state index in [0.29, 0.717) is 38.3 Å². The molecule has 0 bridgehead atoms. The molecule has 0 radical (unpaired) electrons. The lowest BCUT2D eigenvalue weighted by Gasteiger charge is -2.15. The van der Waals surface area contributed by atoms with Gasteiger partial charge in [-0.3, -0.25) is 19.3 Å². The topological polar surface area (TPSA) is 72.9 Å². The van der Waals surface area contributed by atoms with E-state index in [1.54, 1.807) is 36.4 Å². The maximum absolute atomic E-state index is 13.1. The molecule has 0 atom stereocenters. The molecule has 0 aliphatic carbocycles. The number of carbonyl (C=O) groups is 3. The third-order valence-electron chi connectivity index (χ3n) is 4.74. The average Bonchev–Trinajstić information content (AvgIpc) is 3.05. The number of thiocarbonyl (C=S) groups is 1. The Morgan fingerprint density at radius 2 is 1.91 bits per heavy atom. The van der Waals surface area contributed by atoms with E-state index in [1.807, 2.05) is 6.92 Å². The number of rotatable bonds is 9. The van der Waals surface area contributed by atoms with Crippen LogP contribution >= 0.6 is 24.0 Å². The van der Waals surface area contributed by atoms with Crippen molar-refractivity contribution in [3.8, 4) is 5.75 Å². The highest BCUT2D eigenvalue weighted by molar-refractivity contribution is 8.26. The number of ketones is 1. The van der Waals surface area contributed by atoms with Crippen LogP contribution in [0.1, 0.15) is 41.8 Å². The van der Waals surface area contributed by atoms with Gasteiger partial charge in [0.1, 0.15) is 22.5 Å². The van der Waals surface area contributed by atoms with E-state index in [9.17, 15) is 18.8 Å². The van der Waals surface area contributed by atoms with Gasteiger partial charge in [0, 0.05) is 17.7 Å². The summed E-state index contributed by atoms with van der Waals surface area (Å²) < 4.78 is 24.3. The third-order valence-corrected chi connectivity index (χ3v) is 6.11. The van der Waals surface area contributed by atoms with Gasteiger partial charge in [-0.15, -0.1) is 0 Å². The highest BCUT2D eigenvalue weighted by Crippen LogP contribution is 2.32. The molecule has 1 saturated heterocycles. The van der Waals surface area contributed by atoms with Crippen LogP contribution in [0.25, 0.3) is 6.08 Å². The van der Waals surface area contributed by atoms with Crippen LogP contribution in [0.4, 0.5) is 4.39 Å². The molecular weight excluding hydrogens is 465 g/mol. The van der Waals surface area contributed by atoms with E-state index in [-0.39, 0.29) is 37.1 Å². The highest BCUT2D eigenvalue weighted by atomic mass is 32.2. The van der Waals surface area contributed by atoms with Crippen molar-refractivity contribution in [2.24, 2.45) is 0 Å². The molecule has 172 valence electrons. The van der Waals surface area contributed by atoms with Gasteiger partial charge in [0.25, 0.3) is 5.91 Å². The molecule has 6 nitrogen and oxygen atoms in total. The molecule has 1 aliphatic heterocycles. The average molecular weight is 488 g/mol. The molecule has 1 amide bonds. The molecule has 2 aromatic carbocycles. The highest BCUT2D eigenvalue weighted by Gasteiger charge is 2.32. The van der Waals surface area contributed by atoms with E-state index in [1.165, 1.54) is 24.0 Å². The van der Waals surface area contributed by atoms with E-state index in [4.69, 9.17) is 21.7 Å². The number of halogens is 1. The first-order valence-electron chi connectivity index (χ1n) is 10.2. The first-order valence-corrected chi connectivity index (χ1v) is 11.4. The van der Waals surface area contributed by atoms with Crippen LogP contribution in [-0.4, -0.2) is 40.0 Å². The number of Topliss-reactive ketones (excluding diaryl/α,β-unsaturated/α-hetero) is 1. The lowest BCUT2D eigenvalue weighted by molar-refractivity contribution is -0.145. The second-order valence-corrected chi connectivity index (χ2v) is 8.78. The molecule has 3 rings (SSSR count). The summed E-state index contributed by atoms with van der Waals surface area (Å²) >= 11 is 6.41. The maximum atomic E-state index is 13.1. The minimum atomic E-state index is -0.512. The zero-order chi connectivity index (χ0) is 24.0. The van der Waals surface area contributed by atoms with Crippen LogP contribution in [0.2, 0.25) is 0 Å². The molecule has 0 N–H and O–H groups in total. The van der Waals surface area contributed by atoms with Crippen molar-refractivity contribution in [2.75, 3.05) is 13.2 Å². The van der Waals surface area contributed by atoms with Gasteiger partial charge in [-0.05, 0) is 55.8 Å². The van der Waals surface area contributed by atoms with Crippen LogP contribution in [0.15, 0.2) is 47.4 Å². The minimum Gasteiger partial charge on any atom is -0.493 e. The SMILES string of the molecule is CCOc1ccc(C(C)=O)cc1COC(=O)CCN1C(=O)C(=Cc2ccc(F)cc2)SC1=S. The summed E-state index contributed by atoms with van der Waals surface area (Å²) in [5, 5.41) is 0. The molecule has 9 heteroatoms. The smallest absolute Gasteiger partial charge is 0.307 e. The van der Waals surface area contributed by atoms with Crippen LogP contribution in [0.3, 0.4) is 0 Å². The van der Waals surface area contributed by atoms with E-state index in [2.05, 4.69) is 0 Å². The number of benzene rings is 2. The van der Waals surface area contributed by atoms with Crippen LogP contribution in [0.5, 0.6) is 5.75 Å². The number of hydrogen-bond donors (Lipinski definition) is 0. The second-order valence-electron chi connectivity index (χ2n) is 7.11. The van der Waals surface area contributed by atoms with E-state index >= 15 is 0 Å². The number of nitrogens with zero attached hydrogens (tertiary/aromatic N) is 1. The standard InChI is InChI=1S/C24H22FNO5S2/c1-3-30-20-9-6-17(15(2)27)13-18(20)14-31-22(28)10-11-26-23(29)21(33-24(26)32)12-16-4-7-19(25)8-5-16/h4-9,12-13H,3,10-11,14H2,1-2H3. The molecule has 1 fully saturated rings. The van der Waals surface area contributed by atoms with Gasteiger partial charge in [0.15, 0.2) is 5.78 Å². The Morgan fingerprint density at radius 3 is 2.58 bits per heavy atom. The summed E-state index contributed by atoms with van der Waals surface area (Å²) in [5.41, 5.74) is 1.76. The number of esters is 1. The monoisotopic (exact) mass is 487 g/mol. The number of carbonyl (C=O) groups excluding carboxylic acids is 3. The van der Waals surface area contributed by atoms with Crippen molar-refractivity contribution in [1.82, 2.24) is 4.90 Å². The van der Waals surface area contributed by atoms with Gasteiger partial charge in [-0.25, -0.2) is 4.39 Å². The Hall–Kier alpha value is -3.04. The van der Waals surface area contributed by atoms with Gasteiger partial charge >= 0.3 is 5.97 Å². The van der Waals surface area contributed by atoms with Crippen molar-refractivity contribution >= 4 is 52.0 Å². The summed E-state index contributed by atoms with van der Waals surface area (Å²) in [7, 11) is 0. The van der Waals surface area contributed by atoms with Gasteiger partial charge in [0.2, 0.25) is 0 Å². The quantitative estimate of drug-likeness (QED) is 0.219. The van der Waals surface area contributed by atoms with E-state index < -0.39 is 5.97 Å². The maximum Gasteiger partial charge on any atom is 0.307 e. The van der Waals surface area contributed by atoms with Crippen molar-refractivity contribution in [3.63, 3.8) is 0 Å². The molecule has 2 aromatic rings. The third kappa shape index (κ3) is 6.49. The lowest BCUT2D eigenvalue weighted by Crippen LogP contribution is -2.30. The van der Waals surface area contributed by atoms with Crippen LogP contribution in [-0.2, 0) is 20.9 Å². The van der Waals surface area contributed by atoms with Crippen molar-refractivity contribution in [2.45, 2.75) is 26.9 Å². The van der Waals surface area contributed by atoms with Gasteiger partial charge < -0.3 is 9.47 Å². The van der Waals surface area contributed by atoms with Crippen molar-refractivity contribution < 1.29 is 28.2 Å². The van der Waals surface area contributed by atoms with Gasteiger partial charge in [0.05, 0.1) is 17.9 Å². The Labute approximate surface area is 200 Å². The molecule has 0 saturated carbocycles. The molecule has 0 unspecified atom stereocenters. The summed E-state index contributed by atoms with van der Waals surface area (Å²) in [6.07, 6.45) is 1.58. The molecular formula is C24H22FNO5S2. The van der Waals surface area contributed by atoms with Gasteiger partial charge in [-0.2, -0.15) is 0 Å². The number of amides is 1. The normalized spacial score (nSPS) is 14.6. The Balaban J connectivity index is 1.58.